The van der Waals surface area contributed by atoms with Gasteiger partial charge < -0.3 is 5.73 Å². The van der Waals surface area contributed by atoms with Gasteiger partial charge in [-0.05, 0) is 38.3 Å². The van der Waals surface area contributed by atoms with Crippen molar-refractivity contribution in [1.82, 2.24) is 9.78 Å². The molecule has 18 heavy (non-hydrogen) atoms. The third kappa shape index (κ3) is 2.79. The molecule has 0 radical (unpaired) electrons. The summed E-state index contributed by atoms with van der Waals surface area (Å²) in [6.07, 6.45) is 3.68. The highest BCUT2D eigenvalue weighted by Gasteiger charge is 2.21. The Bertz CT molecular complexity index is 509. The Kier molecular flexibility index (Phi) is 3.53. The summed E-state index contributed by atoms with van der Waals surface area (Å²) in [7, 11) is 1.97. The summed E-state index contributed by atoms with van der Waals surface area (Å²) in [5, 5.41) is 4.18. The van der Waals surface area contributed by atoms with E-state index < -0.39 is 0 Å². The van der Waals surface area contributed by atoms with E-state index in [0.29, 0.717) is 0 Å². The van der Waals surface area contributed by atoms with Crippen molar-refractivity contribution in [3.8, 4) is 0 Å². The zero-order valence-electron chi connectivity index (χ0n) is 11.4. The molecule has 1 unspecified atom stereocenters. The summed E-state index contributed by atoms with van der Waals surface area (Å²) in [4.78, 5) is 0. The molecule has 1 aromatic heterocycles. The van der Waals surface area contributed by atoms with Crippen LogP contribution in [0.15, 0.2) is 36.5 Å². The van der Waals surface area contributed by atoms with E-state index in [0.717, 1.165) is 12.8 Å². The normalized spacial score (nSPS) is 14.4. The third-order valence-corrected chi connectivity index (χ3v) is 3.53. The van der Waals surface area contributed by atoms with Gasteiger partial charge in [-0.25, -0.2) is 0 Å². The SMILES string of the molecule is Cc1ccc(C(C)(N)CCc2ccnn2C)cc1. The highest BCUT2D eigenvalue weighted by molar-refractivity contribution is 5.27. The van der Waals surface area contributed by atoms with Crippen molar-refractivity contribution in [2.75, 3.05) is 0 Å². The molecule has 3 heteroatoms. The number of hydrogen-bond acceptors (Lipinski definition) is 2. The van der Waals surface area contributed by atoms with E-state index in [2.05, 4.69) is 43.2 Å². The summed E-state index contributed by atoms with van der Waals surface area (Å²) < 4.78 is 1.91. The zero-order chi connectivity index (χ0) is 13.2. The molecule has 2 N–H and O–H groups in total. The first-order valence-electron chi connectivity index (χ1n) is 6.32. The Balaban J connectivity index is 2.07. The lowest BCUT2D eigenvalue weighted by molar-refractivity contribution is 0.445. The van der Waals surface area contributed by atoms with Crippen LogP contribution in [0.4, 0.5) is 0 Å². The summed E-state index contributed by atoms with van der Waals surface area (Å²) in [6.45, 7) is 4.18. The van der Waals surface area contributed by atoms with Crippen LogP contribution in [0.2, 0.25) is 0 Å². The van der Waals surface area contributed by atoms with E-state index in [-0.39, 0.29) is 5.54 Å². The van der Waals surface area contributed by atoms with Crippen molar-refractivity contribution < 1.29 is 0 Å². The Morgan fingerprint density at radius 3 is 2.44 bits per heavy atom. The smallest absolute Gasteiger partial charge is 0.0492 e. The largest absolute Gasteiger partial charge is 0.322 e. The monoisotopic (exact) mass is 243 g/mol. The van der Waals surface area contributed by atoms with Crippen LogP contribution in [0.1, 0.15) is 30.2 Å². The fraction of sp³-hybridized carbons (Fsp3) is 0.400. The molecule has 0 bridgehead atoms. The quantitative estimate of drug-likeness (QED) is 0.896. The fourth-order valence-corrected chi connectivity index (χ4v) is 2.11. The van der Waals surface area contributed by atoms with Gasteiger partial charge in [-0.1, -0.05) is 29.8 Å². The molecule has 2 rings (SSSR count). The van der Waals surface area contributed by atoms with Crippen LogP contribution in [0.5, 0.6) is 0 Å². The maximum absolute atomic E-state index is 6.43. The van der Waals surface area contributed by atoms with Crippen molar-refractivity contribution >= 4 is 0 Å². The van der Waals surface area contributed by atoms with Crippen LogP contribution in [-0.2, 0) is 19.0 Å². The van der Waals surface area contributed by atoms with Gasteiger partial charge in [0.2, 0.25) is 0 Å². The van der Waals surface area contributed by atoms with E-state index in [1.807, 2.05) is 24.0 Å². The molecule has 0 fully saturated rings. The van der Waals surface area contributed by atoms with Crippen LogP contribution in [-0.4, -0.2) is 9.78 Å². The minimum atomic E-state index is -0.294. The second kappa shape index (κ2) is 4.94. The predicted molar refractivity (Wildman–Crippen MR) is 74.2 cm³/mol. The van der Waals surface area contributed by atoms with E-state index in [4.69, 9.17) is 5.73 Å². The fourth-order valence-electron chi connectivity index (χ4n) is 2.11. The molecule has 96 valence electrons. The molecule has 0 aliphatic carbocycles. The van der Waals surface area contributed by atoms with E-state index >= 15 is 0 Å². The first-order chi connectivity index (χ1) is 8.49. The van der Waals surface area contributed by atoms with Crippen LogP contribution in [0, 0.1) is 6.92 Å². The first-order valence-corrected chi connectivity index (χ1v) is 6.32. The van der Waals surface area contributed by atoms with Crippen LogP contribution in [0.3, 0.4) is 0 Å². The lowest BCUT2D eigenvalue weighted by Crippen LogP contribution is -2.33. The Morgan fingerprint density at radius 1 is 1.22 bits per heavy atom. The van der Waals surface area contributed by atoms with Gasteiger partial charge in [-0.15, -0.1) is 0 Å². The number of benzene rings is 1. The van der Waals surface area contributed by atoms with Crippen LogP contribution < -0.4 is 5.73 Å². The third-order valence-electron chi connectivity index (χ3n) is 3.53. The maximum Gasteiger partial charge on any atom is 0.0492 e. The van der Waals surface area contributed by atoms with Crippen molar-refractivity contribution in [2.24, 2.45) is 12.8 Å². The van der Waals surface area contributed by atoms with Gasteiger partial charge in [0.15, 0.2) is 0 Å². The summed E-state index contributed by atoms with van der Waals surface area (Å²) >= 11 is 0. The molecule has 1 aromatic carbocycles. The van der Waals surface area contributed by atoms with Crippen LogP contribution >= 0.6 is 0 Å². The topological polar surface area (TPSA) is 43.8 Å². The first kappa shape index (κ1) is 12.8. The number of nitrogens with zero attached hydrogens (tertiary/aromatic N) is 2. The number of aryl methyl sites for hydroxylation is 3. The summed E-state index contributed by atoms with van der Waals surface area (Å²) in [5.41, 5.74) is 9.81. The lowest BCUT2D eigenvalue weighted by atomic mass is 9.87. The zero-order valence-corrected chi connectivity index (χ0v) is 11.4. The predicted octanol–water partition coefficient (Wildman–Crippen LogP) is 2.54. The summed E-state index contributed by atoms with van der Waals surface area (Å²) in [6, 6.07) is 10.5. The van der Waals surface area contributed by atoms with Crippen molar-refractivity contribution in [3.63, 3.8) is 0 Å². The highest BCUT2D eigenvalue weighted by Crippen LogP contribution is 2.23. The second-order valence-corrected chi connectivity index (χ2v) is 5.23. The Hall–Kier alpha value is -1.61. The number of nitrogens with two attached hydrogens (primary N) is 1. The summed E-state index contributed by atoms with van der Waals surface area (Å²) in [5.74, 6) is 0. The molecular formula is C15H21N3. The van der Waals surface area contributed by atoms with E-state index in [9.17, 15) is 0 Å². The molecule has 0 aliphatic heterocycles. The molecule has 3 nitrogen and oxygen atoms in total. The highest BCUT2D eigenvalue weighted by atomic mass is 15.2. The van der Waals surface area contributed by atoms with Gasteiger partial charge >= 0.3 is 0 Å². The molecule has 0 saturated heterocycles. The molecule has 0 spiro atoms. The van der Waals surface area contributed by atoms with Gasteiger partial charge in [-0.2, -0.15) is 5.10 Å². The van der Waals surface area contributed by atoms with Gasteiger partial charge in [0, 0.05) is 24.5 Å². The molecule has 1 atom stereocenters. The minimum absolute atomic E-state index is 0.294. The average molecular weight is 243 g/mol. The van der Waals surface area contributed by atoms with Crippen molar-refractivity contribution in [3.05, 3.63) is 53.3 Å². The van der Waals surface area contributed by atoms with Gasteiger partial charge in [-0.3, -0.25) is 4.68 Å². The molecule has 0 amide bonds. The van der Waals surface area contributed by atoms with Crippen LogP contribution in [0.25, 0.3) is 0 Å². The lowest BCUT2D eigenvalue weighted by Gasteiger charge is -2.25. The number of aromatic nitrogens is 2. The second-order valence-electron chi connectivity index (χ2n) is 5.23. The number of rotatable bonds is 4. The maximum atomic E-state index is 6.43. The molecule has 0 aliphatic rings. The average Bonchev–Trinajstić information content (AvgIpc) is 2.73. The minimum Gasteiger partial charge on any atom is -0.322 e. The van der Waals surface area contributed by atoms with Gasteiger partial charge in [0.1, 0.15) is 0 Å². The Labute approximate surface area is 109 Å². The molecule has 2 aromatic rings. The molecular weight excluding hydrogens is 222 g/mol. The van der Waals surface area contributed by atoms with Crippen molar-refractivity contribution in [2.45, 2.75) is 32.2 Å². The van der Waals surface area contributed by atoms with Gasteiger partial charge in [0.05, 0.1) is 0 Å². The van der Waals surface area contributed by atoms with E-state index in [1.165, 1.54) is 16.8 Å². The van der Waals surface area contributed by atoms with Gasteiger partial charge in [0.25, 0.3) is 0 Å². The standard InChI is InChI=1S/C15H21N3/c1-12-4-6-13(7-5-12)15(2,16)10-8-14-9-11-17-18(14)3/h4-7,9,11H,8,10,16H2,1-3H3. The van der Waals surface area contributed by atoms with E-state index in [1.54, 1.807) is 0 Å². The van der Waals surface area contributed by atoms with Crippen molar-refractivity contribution in [1.29, 1.82) is 0 Å². The Morgan fingerprint density at radius 2 is 1.89 bits per heavy atom. The number of hydrogen-bond donors (Lipinski definition) is 1. The molecule has 1 heterocycles. The molecule has 0 saturated carbocycles.